The van der Waals surface area contributed by atoms with Gasteiger partial charge in [-0.05, 0) is 12.0 Å². The molecule has 0 bridgehead atoms. The van der Waals surface area contributed by atoms with Gasteiger partial charge >= 0.3 is 0 Å². The Morgan fingerprint density at radius 1 is 1.63 bits per heavy atom. The summed E-state index contributed by atoms with van der Waals surface area (Å²) in [4.78, 5) is 18.9. The van der Waals surface area contributed by atoms with E-state index in [4.69, 9.17) is 5.11 Å². The smallest absolute Gasteiger partial charge is 0.261 e. The molecule has 0 aliphatic rings. The van der Waals surface area contributed by atoms with Gasteiger partial charge in [0, 0.05) is 24.7 Å². The van der Waals surface area contributed by atoms with Crippen molar-refractivity contribution in [3.05, 3.63) is 22.5 Å². The molecular formula is C12H13N3O2S2. The molecule has 3 rings (SSSR count). The van der Waals surface area contributed by atoms with E-state index in [0.29, 0.717) is 11.4 Å². The van der Waals surface area contributed by atoms with Gasteiger partial charge in [0.1, 0.15) is 4.83 Å². The highest BCUT2D eigenvalue weighted by Gasteiger charge is 2.15. The number of rotatable bonds is 4. The van der Waals surface area contributed by atoms with Crippen molar-refractivity contribution >= 4 is 43.9 Å². The van der Waals surface area contributed by atoms with E-state index in [1.54, 1.807) is 11.3 Å². The number of aromatic nitrogens is 2. The molecule has 1 unspecified atom stereocenters. The third-order valence-electron chi connectivity index (χ3n) is 2.89. The Morgan fingerprint density at radius 2 is 2.47 bits per heavy atom. The Hall–Kier alpha value is -1.44. The van der Waals surface area contributed by atoms with Gasteiger partial charge in [0.25, 0.3) is 5.91 Å². The predicted octanol–water partition coefficient (Wildman–Crippen LogP) is 1.97. The average molecular weight is 295 g/mol. The van der Waals surface area contributed by atoms with E-state index in [1.807, 2.05) is 29.0 Å². The summed E-state index contributed by atoms with van der Waals surface area (Å²) in [6.45, 7) is 2.44. The minimum atomic E-state index is -0.104. The fraction of sp³-hybridized carbons (Fsp3) is 0.333. The van der Waals surface area contributed by atoms with Crippen molar-refractivity contribution in [2.24, 2.45) is 5.92 Å². The summed E-state index contributed by atoms with van der Waals surface area (Å²) in [5.74, 6) is -0.0365. The van der Waals surface area contributed by atoms with Gasteiger partial charge < -0.3 is 10.4 Å². The number of carbonyl (C=O) groups is 1. The van der Waals surface area contributed by atoms with Crippen molar-refractivity contribution in [1.29, 1.82) is 0 Å². The topological polar surface area (TPSA) is 66.6 Å². The third-order valence-corrected chi connectivity index (χ3v) is 4.66. The van der Waals surface area contributed by atoms with Crippen molar-refractivity contribution in [1.82, 2.24) is 14.7 Å². The van der Waals surface area contributed by atoms with Gasteiger partial charge in [-0.1, -0.05) is 6.92 Å². The first-order valence-corrected chi connectivity index (χ1v) is 7.63. The fourth-order valence-electron chi connectivity index (χ4n) is 1.78. The number of aliphatic hydroxyl groups excluding tert-OH is 1. The molecule has 0 radical (unpaired) electrons. The molecule has 0 spiro atoms. The van der Waals surface area contributed by atoms with Gasteiger partial charge in [0.15, 0.2) is 4.96 Å². The lowest BCUT2D eigenvalue weighted by Gasteiger charge is -2.08. The first-order chi connectivity index (χ1) is 9.19. The molecule has 3 aromatic rings. The average Bonchev–Trinajstić information content (AvgIpc) is 3.06. The number of amides is 1. The summed E-state index contributed by atoms with van der Waals surface area (Å²) < 4.78 is 1.99. The lowest BCUT2D eigenvalue weighted by atomic mass is 10.2. The Bertz CT molecular complexity index is 728. The van der Waals surface area contributed by atoms with Crippen LogP contribution in [0, 0.1) is 5.92 Å². The molecule has 0 aliphatic carbocycles. The van der Waals surface area contributed by atoms with Crippen molar-refractivity contribution < 1.29 is 9.90 Å². The van der Waals surface area contributed by atoms with Crippen LogP contribution in [-0.2, 0) is 0 Å². The van der Waals surface area contributed by atoms with Crippen molar-refractivity contribution in [3.63, 3.8) is 0 Å². The standard InChI is InChI=1S/C12H13N3O2S2/c1-7(6-16)5-13-10(17)9-4-8-11(19-9)14-12-15(8)2-3-18-12/h2-4,7,16H,5-6H2,1H3,(H,13,17). The molecule has 2 N–H and O–H groups in total. The monoisotopic (exact) mass is 295 g/mol. The van der Waals surface area contributed by atoms with E-state index >= 15 is 0 Å². The second kappa shape index (κ2) is 4.92. The lowest BCUT2D eigenvalue weighted by Crippen LogP contribution is -2.28. The Labute approximate surface area is 117 Å². The molecule has 0 saturated heterocycles. The van der Waals surface area contributed by atoms with Gasteiger partial charge in [0.05, 0.1) is 10.4 Å². The summed E-state index contributed by atoms with van der Waals surface area (Å²) in [6, 6.07) is 1.87. The normalized spacial score (nSPS) is 13.2. The number of imidazole rings is 1. The summed E-state index contributed by atoms with van der Waals surface area (Å²) in [6.07, 6.45) is 1.96. The number of hydrogen-bond donors (Lipinski definition) is 2. The Kier molecular flexibility index (Phi) is 3.26. The molecule has 1 atom stereocenters. The van der Waals surface area contributed by atoms with Crippen LogP contribution >= 0.6 is 22.7 Å². The number of thiazole rings is 1. The zero-order chi connectivity index (χ0) is 13.4. The molecule has 19 heavy (non-hydrogen) atoms. The summed E-state index contributed by atoms with van der Waals surface area (Å²) in [7, 11) is 0. The highest BCUT2D eigenvalue weighted by molar-refractivity contribution is 7.21. The number of aliphatic hydroxyl groups is 1. The van der Waals surface area contributed by atoms with Crippen LogP contribution < -0.4 is 5.32 Å². The minimum Gasteiger partial charge on any atom is -0.396 e. The maximum atomic E-state index is 12.0. The molecule has 3 heterocycles. The molecule has 7 heteroatoms. The second-order valence-electron chi connectivity index (χ2n) is 4.47. The predicted molar refractivity (Wildman–Crippen MR) is 77.0 cm³/mol. The number of carbonyl (C=O) groups excluding carboxylic acids is 1. The number of nitrogens with one attached hydrogen (secondary N) is 1. The SMILES string of the molecule is CC(CO)CNC(=O)c1cc2c(nc3sccn32)s1. The Morgan fingerprint density at radius 3 is 3.26 bits per heavy atom. The maximum absolute atomic E-state index is 12.0. The minimum absolute atomic E-state index is 0.0679. The van der Waals surface area contributed by atoms with Crippen LogP contribution in [-0.4, -0.2) is 33.6 Å². The van der Waals surface area contributed by atoms with Gasteiger partial charge in [-0.15, -0.1) is 22.7 Å². The van der Waals surface area contributed by atoms with E-state index in [2.05, 4.69) is 10.3 Å². The molecule has 0 fully saturated rings. The lowest BCUT2D eigenvalue weighted by molar-refractivity contribution is 0.0946. The molecule has 3 aromatic heterocycles. The maximum Gasteiger partial charge on any atom is 0.261 e. The summed E-state index contributed by atoms with van der Waals surface area (Å²) in [5, 5.41) is 13.7. The number of hydrogen-bond acceptors (Lipinski definition) is 5. The highest BCUT2D eigenvalue weighted by Crippen LogP contribution is 2.28. The van der Waals surface area contributed by atoms with Crippen LogP contribution in [0.4, 0.5) is 0 Å². The van der Waals surface area contributed by atoms with E-state index in [0.717, 1.165) is 15.3 Å². The van der Waals surface area contributed by atoms with Crippen LogP contribution in [0.5, 0.6) is 0 Å². The summed E-state index contributed by atoms with van der Waals surface area (Å²) in [5.41, 5.74) is 0.974. The van der Waals surface area contributed by atoms with E-state index in [1.165, 1.54) is 11.3 Å². The second-order valence-corrected chi connectivity index (χ2v) is 6.37. The molecule has 100 valence electrons. The molecule has 0 saturated carbocycles. The molecule has 5 nitrogen and oxygen atoms in total. The van der Waals surface area contributed by atoms with Crippen LogP contribution in [0.25, 0.3) is 15.3 Å². The van der Waals surface area contributed by atoms with Crippen LogP contribution in [0.1, 0.15) is 16.6 Å². The molecular weight excluding hydrogens is 282 g/mol. The van der Waals surface area contributed by atoms with Crippen LogP contribution in [0.15, 0.2) is 17.6 Å². The number of fused-ring (bicyclic) bond motifs is 3. The number of thiophene rings is 1. The zero-order valence-electron chi connectivity index (χ0n) is 10.3. The van der Waals surface area contributed by atoms with Gasteiger partial charge in [0.2, 0.25) is 0 Å². The number of nitrogens with zero attached hydrogens (tertiary/aromatic N) is 2. The van der Waals surface area contributed by atoms with Gasteiger partial charge in [-0.3, -0.25) is 9.20 Å². The molecule has 0 aliphatic heterocycles. The van der Waals surface area contributed by atoms with Crippen molar-refractivity contribution in [2.75, 3.05) is 13.2 Å². The van der Waals surface area contributed by atoms with Crippen molar-refractivity contribution in [2.45, 2.75) is 6.92 Å². The molecule has 0 aromatic carbocycles. The van der Waals surface area contributed by atoms with Crippen molar-refractivity contribution in [3.8, 4) is 0 Å². The van der Waals surface area contributed by atoms with Crippen LogP contribution in [0.2, 0.25) is 0 Å². The van der Waals surface area contributed by atoms with E-state index < -0.39 is 0 Å². The first-order valence-electron chi connectivity index (χ1n) is 5.93. The first kappa shape index (κ1) is 12.6. The highest BCUT2D eigenvalue weighted by atomic mass is 32.1. The fourth-order valence-corrected chi connectivity index (χ4v) is 3.49. The van der Waals surface area contributed by atoms with E-state index in [9.17, 15) is 4.79 Å². The summed E-state index contributed by atoms with van der Waals surface area (Å²) >= 11 is 2.97. The van der Waals surface area contributed by atoms with Gasteiger partial charge in [-0.25, -0.2) is 4.98 Å². The zero-order valence-corrected chi connectivity index (χ0v) is 11.9. The Balaban J connectivity index is 1.84. The van der Waals surface area contributed by atoms with E-state index in [-0.39, 0.29) is 18.4 Å². The third kappa shape index (κ3) is 2.24. The largest absolute Gasteiger partial charge is 0.396 e. The van der Waals surface area contributed by atoms with Gasteiger partial charge in [-0.2, -0.15) is 0 Å². The quantitative estimate of drug-likeness (QED) is 0.773. The molecule has 1 amide bonds. The van der Waals surface area contributed by atoms with Crippen LogP contribution in [0.3, 0.4) is 0 Å².